The molecule has 1 aliphatic heterocycles. The van der Waals surface area contributed by atoms with Gasteiger partial charge in [-0.2, -0.15) is 0 Å². The van der Waals surface area contributed by atoms with Crippen molar-refractivity contribution >= 4 is 12.0 Å². The Kier molecular flexibility index (Phi) is 6.01. The molecule has 1 unspecified atom stereocenters. The second kappa shape index (κ2) is 7.11. The standard InChI is InChI=1S/C15H29N3O3/c1-14(2,3)21-13(20)18-10-6-9-15(16,11-18)8-5-7-12(19)17-4/h5-11,16H2,1-4H3,(H,17,19). The summed E-state index contributed by atoms with van der Waals surface area (Å²) in [6.07, 6.45) is 3.39. The number of nitrogens with zero attached hydrogens (tertiary/aromatic N) is 1. The minimum Gasteiger partial charge on any atom is -0.444 e. The highest BCUT2D eigenvalue weighted by atomic mass is 16.6. The van der Waals surface area contributed by atoms with Crippen molar-refractivity contribution in [3.05, 3.63) is 0 Å². The summed E-state index contributed by atoms with van der Waals surface area (Å²) in [6, 6.07) is 0. The second-order valence-corrected chi connectivity index (χ2v) is 6.89. The Hall–Kier alpha value is -1.30. The van der Waals surface area contributed by atoms with Crippen LogP contribution in [0.4, 0.5) is 4.79 Å². The molecule has 6 nitrogen and oxygen atoms in total. The Balaban J connectivity index is 2.50. The van der Waals surface area contributed by atoms with Gasteiger partial charge in [0, 0.05) is 32.1 Å². The van der Waals surface area contributed by atoms with Gasteiger partial charge in [0.1, 0.15) is 5.60 Å². The van der Waals surface area contributed by atoms with Crippen LogP contribution in [0.1, 0.15) is 52.9 Å². The molecule has 1 fully saturated rings. The molecule has 0 bridgehead atoms. The Morgan fingerprint density at radius 3 is 2.62 bits per heavy atom. The Labute approximate surface area is 127 Å². The predicted molar refractivity (Wildman–Crippen MR) is 81.9 cm³/mol. The Bertz CT molecular complexity index is 379. The number of carbonyl (C=O) groups excluding carboxylic acids is 2. The maximum atomic E-state index is 12.1. The van der Waals surface area contributed by atoms with Gasteiger partial charge in [-0.1, -0.05) is 0 Å². The van der Waals surface area contributed by atoms with Crippen molar-refractivity contribution in [1.29, 1.82) is 0 Å². The van der Waals surface area contributed by atoms with E-state index < -0.39 is 11.1 Å². The molecule has 0 spiro atoms. The van der Waals surface area contributed by atoms with E-state index in [1.165, 1.54) is 0 Å². The summed E-state index contributed by atoms with van der Waals surface area (Å²) in [4.78, 5) is 25.1. The maximum Gasteiger partial charge on any atom is 0.410 e. The van der Waals surface area contributed by atoms with Gasteiger partial charge in [-0.05, 0) is 46.5 Å². The summed E-state index contributed by atoms with van der Waals surface area (Å²) in [5.74, 6) is 0.0263. The van der Waals surface area contributed by atoms with Gasteiger partial charge >= 0.3 is 6.09 Å². The van der Waals surface area contributed by atoms with Crippen LogP contribution in [0.3, 0.4) is 0 Å². The van der Waals surface area contributed by atoms with Gasteiger partial charge in [0.05, 0.1) is 0 Å². The molecule has 1 saturated heterocycles. The van der Waals surface area contributed by atoms with Crippen molar-refractivity contribution in [2.45, 2.75) is 64.0 Å². The lowest BCUT2D eigenvalue weighted by Gasteiger charge is -2.40. The molecule has 0 aromatic rings. The summed E-state index contributed by atoms with van der Waals surface area (Å²) in [5, 5.41) is 2.60. The molecule has 6 heteroatoms. The van der Waals surface area contributed by atoms with E-state index in [1.54, 1.807) is 11.9 Å². The number of amides is 2. The zero-order valence-electron chi connectivity index (χ0n) is 13.7. The number of hydrogen-bond acceptors (Lipinski definition) is 4. The number of ether oxygens (including phenoxy) is 1. The number of nitrogens with one attached hydrogen (secondary N) is 1. The van der Waals surface area contributed by atoms with Crippen molar-refractivity contribution in [1.82, 2.24) is 10.2 Å². The van der Waals surface area contributed by atoms with Gasteiger partial charge in [-0.15, -0.1) is 0 Å². The molecular weight excluding hydrogens is 270 g/mol. The van der Waals surface area contributed by atoms with Crippen LogP contribution in [0.15, 0.2) is 0 Å². The monoisotopic (exact) mass is 299 g/mol. The van der Waals surface area contributed by atoms with Crippen LogP contribution < -0.4 is 11.1 Å². The first-order valence-corrected chi connectivity index (χ1v) is 7.63. The molecule has 0 aliphatic carbocycles. The highest BCUT2D eigenvalue weighted by molar-refractivity contribution is 5.75. The van der Waals surface area contributed by atoms with Crippen LogP contribution in [-0.4, -0.2) is 48.2 Å². The Morgan fingerprint density at radius 2 is 2.05 bits per heavy atom. The summed E-state index contributed by atoms with van der Waals surface area (Å²) in [7, 11) is 1.63. The normalized spacial score (nSPS) is 22.8. The SMILES string of the molecule is CNC(=O)CCCC1(N)CCCN(C(=O)OC(C)(C)C)C1. The Morgan fingerprint density at radius 1 is 1.38 bits per heavy atom. The first-order chi connectivity index (χ1) is 9.65. The largest absolute Gasteiger partial charge is 0.444 e. The van der Waals surface area contributed by atoms with Crippen molar-refractivity contribution in [3.63, 3.8) is 0 Å². The summed E-state index contributed by atoms with van der Waals surface area (Å²) < 4.78 is 5.40. The summed E-state index contributed by atoms with van der Waals surface area (Å²) in [5.41, 5.74) is 5.49. The third-order valence-electron chi connectivity index (χ3n) is 3.62. The highest BCUT2D eigenvalue weighted by Crippen LogP contribution is 2.25. The molecule has 1 atom stereocenters. The average molecular weight is 299 g/mol. The van der Waals surface area contributed by atoms with Crippen LogP contribution in [0, 0.1) is 0 Å². The quantitative estimate of drug-likeness (QED) is 0.826. The van der Waals surface area contributed by atoms with Crippen LogP contribution in [-0.2, 0) is 9.53 Å². The van der Waals surface area contributed by atoms with E-state index >= 15 is 0 Å². The summed E-state index contributed by atoms with van der Waals surface area (Å²) in [6.45, 7) is 6.74. The smallest absolute Gasteiger partial charge is 0.410 e. The second-order valence-electron chi connectivity index (χ2n) is 6.89. The lowest BCUT2D eigenvalue weighted by Crippen LogP contribution is -2.56. The molecule has 21 heavy (non-hydrogen) atoms. The number of rotatable bonds is 4. The molecule has 0 radical (unpaired) electrons. The van der Waals surface area contributed by atoms with E-state index in [2.05, 4.69) is 5.32 Å². The third kappa shape index (κ3) is 6.33. The van der Waals surface area contributed by atoms with Crippen LogP contribution in [0.25, 0.3) is 0 Å². The lowest BCUT2D eigenvalue weighted by atomic mass is 9.85. The molecular formula is C15H29N3O3. The highest BCUT2D eigenvalue weighted by Gasteiger charge is 2.35. The number of hydrogen-bond donors (Lipinski definition) is 2. The number of likely N-dealkylation sites (tertiary alicyclic amines) is 1. The van der Waals surface area contributed by atoms with Gasteiger partial charge in [0.25, 0.3) is 0 Å². The zero-order valence-corrected chi connectivity index (χ0v) is 13.7. The topological polar surface area (TPSA) is 84.7 Å². The van der Waals surface area contributed by atoms with E-state index in [-0.39, 0.29) is 12.0 Å². The molecule has 0 saturated carbocycles. The molecule has 2 amide bonds. The van der Waals surface area contributed by atoms with Crippen molar-refractivity contribution in [3.8, 4) is 0 Å². The molecule has 122 valence electrons. The molecule has 0 aromatic heterocycles. The first kappa shape index (κ1) is 17.8. The number of piperidine rings is 1. The van der Waals surface area contributed by atoms with Gasteiger partial charge in [0.15, 0.2) is 0 Å². The lowest BCUT2D eigenvalue weighted by molar-refractivity contribution is -0.120. The minimum atomic E-state index is -0.495. The fraction of sp³-hybridized carbons (Fsp3) is 0.867. The van der Waals surface area contributed by atoms with Gasteiger partial charge in [0.2, 0.25) is 5.91 Å². The predicted octanol–water partition coefficient (Wildman–Crippen LogP) is 1.63. The maximum absolute atomic E-state index is 12.1. The first-order valence-electron chi connectivity index (χ1n) is 7.63. The number of nitrogens with two attached hydrogens (primary N) is 1. The molecule has 1 aliphatic rings. The van der Waals surface area contributed by atoms with Crippen LogP contribution >= 0.6 is 0 Å². The van der Waals surface area contributed by atoms with Crippen LogP contribution in [0.5, 0.6) is 0 Å². The van der Waals surface area contributed by atoms with Crippen molar-refractivity contribution < 1.29 is 14.3 Å². The van der Waals surface area contributed by atoms with Gasteiger partial charge in [-0.3, -0.25) is 4.79 Å². The molecule has 3 N–H and O–H groups in total. The van der Waals surface area contributed by atoms with Crippen molar-refractivity contribution in [2.75, 3.05) is 20.1 Å². The number of carbonyl (C=O) groups is 2. The average Bonchev–Trinajstić information content (AvgIpc) is 2.36. The van der Waals surface area contributed by atoms with Gasteiger partial charge in [-0.25, -0.2) is 4.79 Å². The molecule has 1 rings (SSSR count). The van der Waals surface area contributed by atoms with E-state index in [0.29, 0.717) is 19.5 Å². The minimum absolute atomic E-state index is 0.0263. The van der Waals surface area contributed by atoms with E-state index in [9.17, 15) is 9.59 Å². The third-order valence-corrected chi connectivity index (χ3v) is 3.62. The molecule has 1 heterocycles. The molecule has 0 aromatic carbocycles. The fourth-order valence-corrected chi connectivity index (χ4v) is 2.57. The zero-order chi connectivity index (χ0) is 16.1. The van der Waals surface area contributed by atoms with Crippen LogP contribution in [0.2, 0.25) is 0 Å². The van der Waals surface area contributed by atoms with Crippen molar-refractivity contribution in [2.24, 2.45) is 5.73 Å². The van der Waals surface area contributed by atoms with E-state index in [1.807, 2.05) is 20.8 Å². The van der Waals surface area contributed by atoms with Gasteiger partial charge < -0.3 is 20.7 Å². The van der Waals surface area contributed by atoms with E-state index in [0.717, 1.165) is 25.7 Å². The summed E-state index contributed by atoms with van der Waals surface area (Å²) >= 11 is 0. The fourth-order valence-electron chi connectivity index (χ4n) is 2.57. The van der Waals surface area contributed by atoms with E-state index in [4.69, 9.17) is 10.5 Å².